The van der Waals surface area contributed by atoms with Crippen molar-refractivity contribution in [2.45, 2.75) is 13.3 Å². The number of carbonyl (C=O) groups excluding carboxylic acids is 2. The van der Waals surface area contributed by atoms with Crippen molar-refractivity contribution in [2.75, 3.05) is 13.1 Å². The quantitative estimate of drug-likeness (QED) is 0.616. The van der Waals surface area contributed by atoms with E-state index in [2.05, 4.69) is 15.6 Å². The Hall–Kier alpha value is -2.43. The lowest BCUT2D eigenvalue weighted by Crippen LogP contribution is -2.27. The number of hydrogen-bond acceptors (Lipinski definition) is 3. The van der Waals surface area contributed by atoms with Crippen LogP contribution in [0.2, 0.25) is 0 Å². The highest BCUT2D eigenvalue weighted by molar-refractivity contribution is 6.06. The molecule has 2 N–H and O–H groups in total. The highest BCUT2D eigenvalue weighted by atomic mass is 16.1. The van der Waals surface area contributed by atoms with Crippen LogP contribution in [0.3, 0.4) is 0 Å². The molecule has 2 aromatic rings. The van der Waals surface area contributed by atoms with Crippen LogP contribution in [0, 0.1) is 6.92 Å². The Labute approximate surface area is 117 Å². The third-order valence-corrected chi connectivity index (χ3v) is 2.96. The molecule has 0 radical (unpaired) electrons. The molecule has 5 heteroatoms. The minimum absolute atomic E-state index is 0.113. The van der Waals surface area contributed by atoms with Gasteiger partial charge in [-0.15, -0.1) is 0 Å². The van der Waals surface area contributed by atoms with E-state index in [4.69, 9.17) is 0 Å². The third-order valence-electron chi connectivity index (χ3n) is 2.96. The fraction of sp³-hybridized carbons (Fsp3) is 0.267. The van der Waals surface area contributed by atoms with Crippen LogP contribution in [-0.4, -0.2) is 30.4 Å². The lowest BCUT2D eigenvalue weighted by atomic mass is 10.1. The van der Waals surface area contributed by atoms with E-state index < -0.39 is 0 Å². The molecule has 0 bridgehead atoms. The van der Waals surface area contributed by atoms with Gasteiger partial charge < -0.3 is 10.6 Å². The fourth-order valence-electron chi connectivity index (χ4n) is 2.04. The van der Waals surface area contributed by atoms with Crippen LogP contribution in [0.4, 0.5) is 0 Å². The van der Waals surface area contributed by atoms with Gasteiger partial charge >= 0.3 is 0 Å². The first-order chi connectivity index (χ1) is 9.72. The van der Waals surface area contributed by atoms with Gasteiger partial charge in [0.05, 0.1) is 11.1 Å². The van der Waals surface area contributed by atoms with Crippen molar-refractivity contribution in [1.82, 2.24) is 15.6 Å². The maximum Gasteiger partial charge on any atom is 0.252 e. The van der Waals surface area contributed by atoms with Crippen LogP contribution < -0.4 is 10.6 Å². The number of hydrogen-bond donors (Lipinski definition) is 2. The summed E-state index contributed by atoms with van der Waals surface area (Å²) in [4.78, 5) is 26.7. The van der Waals surface area contributed by atoms with E-state index in [9.17, 15) is 9.59 Å². The van der Waals surface area contributed by atoms with Gasteiger partial charge in [0.15, 0.2) is 0 Å². The molecule has 0 spiro atoms. The number of aryl methyl sites for hydroxylation is 1. The van der Waals surface area contributed by atoms with Crippen molar-refractivity contribution in [3.8, 4) is 0 Å². The second-order valence-corrected chi connectivity index (χ2v) is 4.51. The van der Waals surface area contributed by atoms with Gasteiger partial charge in [0.2, 0.25) is 6.41 Å². The van der Waals surface area contributed by atoms with Gasteiger partial charge in [0.25, 0.3) is 5.91 Å². The van der Waals surface area contributed by atoms with Crippen LogP contribution in [0.25, 0.3) is 10.9 Å². The third kappa shape index (κ3) is 3.32. The number of rotatable bonds is 6. The molecule has 5 nitrogen and oxygen atoms in total. The van der Waals surface area contributed by atoms with Gasteiger partial charge in [-0.3, -0.25) is 14.6 Å². The summed E-state index contributed by atoms with van der Waals surface area (Å²) < 4.78 is 0. The average Bonchev–Trinajstić information content (AvgIpc) is 2.46. The maximum absolute atomic E-state index is 12.2. The number of nitrogens with zero attached hydrogens (tertiary/aromatic N) is 1. The topological polar surface area (TPSA) is 71.1 Å². The van der Waals surface area contributed by atoms with Crippen molar-refractivity contribution in [3.05, 3.63) is 41.6 Å². The van der Waals surface area contributed by atoms with Crippen LogP contribution in [0.1, 0.15) is 22.5 Å². The number of fused-ring (bicyclic) bond motifs is 1. The molecule has 0 saturated heterocycles. The van der Waals surface area contributed by atoms with E-state index in [-0.39, 0.29) is 5.91 Å². The molecule has 0 atom stereocenters. The first kappa shape index (κ1) is 14.0. The largest absolute Gasteiger partial charge is 0.359 e. The Morgan fingerprint density at radius 3 is 2.90 bits per heavy atom. The second-order valence-electron chi connectivity index (χ2n) is 4.51. The first-order valence-corrected chi connectivity index (χ1v) is 6.54. The molecule has 0 aliphatic carbocycles. The Morgan fingerprint density at radius 2 is 2.10 bits per heavy atom. The molecule has 0 unspecified atom stereocenters. The molecular formula is C15H17N3O2. The number of amides is 2. The smallest absolute Gasteiger partial charge is 0.252 e. The summed E-state index contributed by atoms with van der Waals surface area (Å²) in [7, 11) is 0. The van der Waals surface area contributed by atoms with Crippen LogP contribution in [0.15, 0.2) is 30.3 Å². The highest BCUT2D eigenvalue weighted by Gasteiger charge is 2.10. The zero-order valence-electron chi connectivity index (χ0n) is 11.3. The molecule has 1 aromatic heterocycles. The summed E-state index contributed by atoms with van der Waals surface area (Å²) in [5, 5.41) is 6.26. The normalized spacial score (nSPS) is 10.2. The summed E-state index contributed by atoms with van der Waals surface area (Å²) in [6, 6.07) is 9.38. The van der Waals surface area contributed by atoms with E-state index >= 15 is 0 Å². The number of carbonyl (C=O) groups is 2. The summed E-state index contributed by atoms with van der Waals surface area (Å²) >= 11 is 0. The van der Waals surface area contributed by atoms with E-state index in [0.29, 0.717) is 31.5 Å². The van der Waals surface area contributed by atoms with Crippen molar-refractivity contribution in [1.29, 1.82) is 0 Å². The van der Waals surface area contributed by atoms with Gasteiger partial charge in [-0.05, 0) is 25.5 Å². The van der Waals surface area contributed by atoms with Crippen molar-refractivity contribution < 1.29 is 9.59 Å². The van der Waals surface area contributed by atoms with Crippen LogP contribution in [-0.2, 0) is 4.79 Å². The number of benzene rings is 1. The second kappa shape index (κ2) is 6.65. The molecule has 2 amide bonds. The highest BCUT2D eigenvalue weighted by Crippen LogP contribution is 2.17. The lowest BCUT2D eigenvalue weighted by molar-refractivity contribution is -0.109. The van der Waals surface area contributed by atoms with Crippen molar-refractivity contribution in [2.24, 2.45) is 0 Å². The predicted octanol–water partition coefficient (Wildman–Crippen LogP) is 1.41. The van der Waals surface area contributed by atoms with Gasteiger partial charge in [-0.2, -0.15) is 0 Å². The first-order valence-electron chi connectivity index (χ1n) is 6.54. The lowest BCUT2D eigenvalue weighted by Gasteiger charge is -2.09. The molecule has 2 rings (SSSR count). The average molecular weight is 271 g/mol. The summed E-state index contributed by atoms with van der Waals surface area (Å²) in [6.07, 6.45) is 1.36. The van der Waals surface area contributed by atoms with Crippen LogP contribution >= 0.6 is 0 Å². The van der Waals surface area contributed by atoms with Crippen molar-refractivity contribution >= 4 is 23.2 Å². The minimum atomic E-state index is -0.113. The molecule has 0 aliphatic rings. The molecule has 0 fully saturated rings. The molecule has 104 valence electrons. The SMILES string of the molecule is Cc1cc(C(=O)NCCCNC=O)c2ccccc2n1. The fourth-order valence-corrected chi connectivity index (χ4v) is 2.04. The Balaban J connectivity index is 2.11. The summed E-state index contributed by atoms with van der Waals surface area (Å²) in [5.41, 5.74) is 2.27. The molecular weight excluding hydrogens is 254 g/mol. The van der Waals surface area contributed by atoms with Gasteiger partial charge in [0, 0.05) is 24.2 Å². The van der Waals surface area contributed by atoms with Crippen molar-refractivity contribution in [3.63, 3.8) is 0 Å². The number of pyridine rings is 1. The molecule has 1 aromatic carbocycles. The van der Waals surface area contributed by atoms with E-state index in [1.807, 2.05) is 31.2 Å². The summed E-state index contributed by atoms with van der Waals surface area (Å²) in [5.74, 6) is -0.113. The number of aromatic nitrogens is 1. The predicted molar refractivity (Wildman–Crippen MR) is 77.5 cm³/mol. The molecule has 0 saturated carbocycles. The number of nitrogens with one attached hydrogen (secondary N) is 2. The van der Waals surface area contributed by atoms with Gasteiger partial charge in [0.1, 0.15) is 0 Å². The Bertz CT molecular complexity index is 626. The Kier molecular flexibility index (Phi) is 4.65. The van der Waals surface area contributed by atoms with E-state index in [1.54, 1.807) is 6.07 Å². The van der Waals surface area contributed by atoms with Crippen LogP contribution in [0.5, 0.6) is 0 Å². The molecule has 1 heterocycles. The standard InChI is InChI=1S/C15H17N3O2/c1-11-9-13(12-5-2-3-6-14(12)18-11)15(20)17-8-4-7-16-10-19/h2-3,5-6,9-10H,4,7-8H2,1H3,(H,16,19)(H,17,20). The minimum Gasteiger partial charge on any atom is -0.359 e. The monoisotopic (exact) mass is 271 g/mol. The Morgan fingerprint density at radius 1 is 1.30 bits per heavy atom. The maximum atomic E-state index is 12.2. The van der Waals surface area contributed by atoms with Gasteiger partial charge in [-0.1, -0.05) is 18.2 Å². The molecule has 0 aliphatic heterocycles. The van der Waals surface area contributed by atoms with E-state index in [0.717, 1.165) is 16.6 Å². The zero-order chi connectivity index (χ0) is 14.4. The van der Waals surface area contributed by atoms with E-state index in [1.165, 1.54) is 0 Å². The summed E-state index contributed by atoms with van der Waals surface area (Å²) in [6.45, 7) is 2.95. The number of para-hydroxylation sites is 1. The van der Waals surface area contributed by atoms with Gasteiger partial charge in [-0.25, -0.2) is 0 Å². The zero-order valence-corrected chi connectivity index (χ0v) is 11.3. The molecule has 20 heavy (non-hydrogen) atoms.